The molecule has 1 heterocycles. The van der Waals surface area contributed by atoms with Gasteiger partial charge < -0.3 is 4.74 Å². The molecule has 1 aromatic heterocycles. The number of methoxy groups -OCH3 is 1. The van der Waals surface area contributed by atoms with Crippen LogP contribution in [-0.2, 0) is 4.74 Å². The third kappa shape index (κ3) is 2.73. The van der Waals surface area contributed by atoms with E-state index < -0.39 is 0 Å². The van der Waals surface area contributed by atoms with Crippen molar-refractivity contribution in [2.24, 2.45) is 5.84 Å². The Balaban J connectivity index is 2.30. The number of nitrogens with two attached hydrogens (primary N) is 1. The molecule has 0 radical (unpaired) electrons. The Bertz CT molecular complexity index is 375. The minimum atomic E-state index is -0.222. The number of nitrogens with one attached hydrogen (secondary N) is 1. The Morgan fingerprint density at radius 3 is 2.50 bits per heavy atom. The highest BCUT2D eigenvalue weighted by molar-refractivity contribution is 7.10. The van der Waals surface area contributed by atoms with Crippen molar-refractivity contribution < 1.29 is 4.74 Å². The molecule has 0 aliphatic heterocycles. The second-order valence-electron chi connectivity index (χ2n) is 4.92. The molecule has 1 aliphatic carbocycles. The van der Waals surface area contributed by atoms with E-state index in [-0.39, 0.29) is 11.6 Å². The number of hydrogen-bond acceptors (Lipinski definition) is 4. The van der Waals surface area contributed by atoms with Gasteiger partial charge in [0.1, 0.15) is 0 Å². The maximum absolute atomic E-state index is 6.25. The number of hydrazine groups is 1. The first-order valence-corrected chi connectivity index (χ1v) is 7.73. The van der Waals surface area contributed by atoms with Gasteiger partial charge in [0.25, 0.3) is 0 Å². The molecule has 0 saturated heterocycles. The summed E-state index contributed by atoms with van der Waals surface area (Å²) in [5.74, 6) is 5.79. The normalized spacial score (nSPS) is 21.5. The fourth-order valence-corrected chi connectivity index (χ4v) is 4.25. The van der Waals surface area contributed by atoms with Crippen LogP contribution in [0.4, 0.5) is 0 Å². The van der Waals surface area contributed by atoms with Crippen LogP contribution in [0.1, 0.15) is 49.4 Å². The van der Waals surface area contributed by atoms with E-state index in [9.17, 15) is 0 Å². The molecule has 2 rings (SSSR count). The van der Waals surface area contributed by atoms with Gasteiger partial charge in [-0.05, 0) is 24.3 Å². The number of halogens is 1. The maximum Gasteiger partial charge on any atom is 0.0893 e. The summed E-state index contributed by atoms with van der Waals surface area (Å²) in [7, 11) is 1.79. The summed E-state index contributed by atoms with van der Waals surface area (Å²) in [6, 6.07) is 1.90. The molecule has 3 nitrogen and oxygen atoms in total. The van der Waals surface area contributed by atoms with E-state index in [2.05, 4.69) is 5.43 Å². The van der Waals surface area contributed by atoms with Gasteiger partial charge in [0, 0.05) is 12.0 Å². The van der Waals surface area contributed by atoms with Crippen LogP contribution >= 0.6 is 22.9 Å². The van der Waals surface area contributed by atoms with Crippen molar-refractivity contribution in [1.29, 1.82) is 0 Å². The molecular formula is C13H21ClN2OS. The zero-order valence-corrected chi connectivity index (χ0v) is 12.3. The summed E-state index contributed by atoms with van der Waals surface area (Å²) in [4.78, 5) is 1.09. The van der Waals surface area contributed by atoms with Gasteiger partial charge in [-0.15, -0.1) is 11.3 Å². The van der Waals surface area contributed by atoms with E-state index in [1.807, 2.05) is 11.4 Å². The topological polar surface area (TPSA) is 47.3 Å². The van der Waals surface area contributed by atoms with Crippen LogP contribution < -0.4 is 11.3 Å². The molecule has 1 fully saturated rings. The van der Waals surface area contributed by atoms with Gasteiger partial charge in [-0.25, -0.2) is 5.43 Å². The summed E-state index contributed by atoms with van der Waals surface area (Å²) in [6.07, 6.45) is 7.00. The van der Waals surface area contributed by atoms with Crippen LogP contribution in [0.3, 0.4) is 0 Å². The van der Waals surface area contributed by atoms with Gasteiger partial charge in [-0.1, -0.05) is 37.3 Å². The number of ether oxygens (including phenoxy) is 1. The lowest BCUT2D eigenvalue weighted by molar-refractivity contribution is -0.0532. The highest BCUT2D eigenvalue weighted by atomic mass is 35.5. The lowest BCUT2D eigenvalue weighted by atomic mass is 9.85. The molecule has 3 N–H and O–H groups in total. The lowest BCUT2D eigenvalue weighted by Gasteiger charge is -2.38. The fraction of sp³-hybridized carbons (Fsp3) is 0.692. The van der Waals surface area contributed by atoms with Crippen molar-refractivity contribution >= 4 is 22.9 Å². The highest BCUT2D eigenvalue weighted by Gasteiger charge is 2.41. The molecule has 102 valence electrons. The smallest absolute Gasteiger partial charge is 0.0893 e. The van der Waals surface area contributed by atoms with Gasteiger partial charge in [0.05, 0.1) is 16.7 Å². The first kappa shape index (κ1) is 14.3. The Morgan fingerprint density at radius 2 is 2.06 bits per heavy atom. The van der Waals surface area contributed by atoms with E-state index >= 15 is 0 Å². The van der Waals surface area contributed by atoms with Crippen LogP contribution in [0.5, 0.6) is 0 Å². The molecule has 1 unspecified atom stereocenters. The predicted molar refractivity (Wildman–Crippen MR) is 76.8 cm³/mol. The van der Waals surface area contributed by atoms with E-state index in [0.717, 1.165) is 22.7 Å². The molecule has 1 atom stereocenters. The molecule has 1 aromatic rings. The SMILES string of the molecule is COC1(C(NN)c2sccc2Cl)CCCCCC1. The van der Waals surface area contributed by atoms with Crippen LogP contribution in [0, 0.1) is 0 Å². The van der Waals surface area contributed by atoms with E-state index in [0.29, 0.717) is 0 Å². The summed E-state index contributed by atoms with van der Waals surface area (Å²) >= 11 is 7.89. The van der Waals surface area contributed by atoms with Crippen molar-refractivity contribution in [1.82, 2.24) is 5.43 Å². The van der Waals surface area contributed by atoms with Gasteiger partial charge in [-0.3, -0.25) is 5.84 Å². The van der Waals surface area contributed by atoms with Crippen molar-refractivity contribution in [2.45, 2.75) is 50.2 Å². The van der Waals surface area contributed by atoms with Crippen LogP contribution in [0.2, 0.25) is 5.02 Å². The molecular weight excluding hydrogens is 268 g/mol. The molecule has 18 heavy (non-hydrogen) atoms. The summed E-state index contributed by atoms with van der Waals surface area (Å²) in [5.41, 5.74) is 2.71. The van der Waals surface area contributed by atoms with Crippen LogP contribution in [-0.4, -0.2) is 12.7 Å². The molecule has 1 saturated carbocycles. The molecule has 0 amide bonds. The standard InChI is InChI=1S/C13H21ClN2OS/c1-17-13(7-4-2-3-5-8-13)12(16-15)11-10(14)6-9-18-11/h6,9,12,16H,2-5,7-8,15H2,1H3. The second kappa shape index (κ2) is 6.35. The number of rotatable bonds is 4. The van der Waals surface area contributed by atoms with Gasteiger partial charge in [-0.2, -0.15) is 0 Å². The summed E-state index contributed by atoms with van der Waals surface area (Å²) < 4.78 is 5.90. The largest absolute Gasteiger partial charge is 0.376 e. The monoisotopic (exact) mass is 288 g/mol. The zero-order valence-electron chi connectivity index (χ0n) is 10.7. The van der Waals surface area contributed by atoms with Crippen molar-refractivity contribution in [2.75, 3.05) is 7.11 Å². The van der Waals surface area contributed by atoms with Crippen molar-refractivity contribution in [3.05, 3.63) is 21.3 Å². The Hall–Kier alpha value is -0.130. The molecule has 0 bridgehead atoms. The third-order valence-corrected chi connectivity index (χ3v) is 5.38. The zero-order chi connectivity index (χ0) is 13.0. The highest BCUT2D eigenvalue weighted by Crippen LogP contribution is 2.43. The van der Waals surface area contributed by atoms with E-state index in [1.54, 1.807) is 18.4 Å². The fourth-order valence-electron chi connectivity index (χ4n) is 2.92. The number of hydrogen-bond donors (Lipinski definition) is 2. The average molecular weight is 289 g/mol. The van der Waals surface area contributed by atoms with Crippen molar-refractivity contribution in [3.8, 4) is 0 Å². The lowest BCUT2D eigenvalue weighted by Crippen LogP contribution is -2.47. The summed E-state index contributed by atoms with van der Waals surface area (Å²) in [5, 5.41) is 2.78. The maximum atomic E-state index is 6.25. The predicted octanol–water partition coefficient (Wildman–Crippen LogP) is 3.65. The van der Waals surface area contributed by atoms with E-state index in [1.165, 1.54) is 25.7 Å². The third-order valence-electron chi connectivity index (χ3n) is 3.96. The van der Waals surface area contributed by atoms with Gasteiger partial charge in [0.15, 0.2) is 0 Å². The summed E-state index contributed by atoms with van der Waals surface area (Å²) in [6.45, 7) is 0. The molecule has 5 heteroatoms. The molecule has 0 spiro atoms. The molecule has 1 aliphatic rings. The molecule has 0 aromatic carbocycles. The Morgan fingerprint density at radius 1 is 1.39 bits per heavy atom. The minimum absolute atomic E-state index is 0.0203. The average Bonchev–Trinajstić information content (AvgIpc) is 2.67. The Labute approximate surface area is 118 Å². The minimum Gasteiger partial charge on any atom is -0.376 e. The number of thiophene rings is 1. The van der Waals surface area contributed by atoms with E-state index in [4.69, 9.17) is 22.2 Å². The van der Waals surface area contributed by atoms with Gasteiger partial charge in [0.2, 0.25) is 0 Å². The van der Waals surface area contributed by atoms with Crippen LogP contribution in [0.25, 0.3) is 0 Å². The quantitative estimate of drug-likeness (QED) is 0.505. The Kier molecular flexibility index (Phi) is 5.04. The second-order valence-corrected chi connectivity index (χ2v) is 6.27. The van der Waals surface area contributed by atoms with Gasteiger partial charge >= 0.3 is 0 Å². The first-order chi connectivity index (χ1) is 8.73. The van der Waals surface area contributed by atoms with Crippen LogP contribution in [0.15, 0.2) is 11.4 Å². The first-order valence-electron chi connectivity index (χ1n) is 6.47. The van der Waals surface area contributed by atoms with Crippen molar-refractivity contribution in [3.63, 3.8) is 0 Å².